The second-order valence-corrected chi connectivity index (χ2v) is 6.50. The third-order valence-corrected chi connectivity index (χ3v) is 4.13. The van der Waals surface area contributed by atoms with E-state index in [4.69, 9.17) is 9.47 Å². The Morgan fingerprint density at radius 3 is 2.57 bits per heavy atom. The van der Waals surface area contributed by atoms with E-state index in [1.165, 1.54) is 19.3 Å². The molecule has 0 fully saturated rings. The third-order valence-electron chi connectivity index (χ3n) is 4.13. The average Bonchev–Trinajstić information content (AvgIpc) is 2.70. The molecule has 0 aliphatic heterocycles. The summed E-state index contributed by atoms with van der Waals surface area (Å²) in [7, 11) is 0. The van der Waals surface area contributed by atoms with E-state index < -0.39 is 0 Å². The Hall–Kier alpha value is -2.82. The van der Waals surface area contributed by atoms with Crippen LogP contribution in [0.1, 0.15) is 50.7 Å². The molecule has 5 nitrogen and oxygen atoms in total. The molecule has 2 aromatic rings. The summed E-state index contributed by atoms with van der Waals surface area (Å²) in [6.45, 7) is 5.37. The van der Waals surface area contributed by atoms with Gasteiger partial charge in [0.25, 0.3) is 0 Å². The molecule has 150 valence electrons. The number of ether oxygens (including phenoxy) is 2. The Morgan fingerprint density at radius 2 is 1.82 bits per heavy atom. The van der Waals surface area contributed by atoms with E-state index in [0.717, 1.165) is 23.3 Å². The summed E-state index contributed by atoms with van der Waals surface area (Å²) in [5, 5.41) is 4.04. The van der Waals surface area contributed by atoms with Gasteiger partial charge < -0.3 is 9.47 Å². The molecule has 2 rings (SSSR count). The maximum absolute atomic E-state index is 11.9. The van der Waals surface area contributed by atoms with Crippen molar-refractivity contribution in [1.29, 1.82) is 0 Å². The Balaban J connectivity index is 1.89. The van der Waals surface area contributed by atoms with E-state index in [1.807, 2.05) is 55.5 Å². The number of unbranched alkanes of at least 4 members (excludes halogenated alkanes) is 3. The number of amides is 1. The number of hydrogen-bond donors (Lipinski definition) is 1. The van der Waals surface area contributed by atoms with Crippen LogP contribution in [0.25, 0.3) is 0 Å². The number of nitrogens with zero attached hydrogens (tertiary/aromatic N) is 1. The van der Waals surface area contributed by atoms with Gasteiger partial charge in [0, 0.05) is 0 Å². The van der Waals surface area contributed by atoms with Gasteiger partial charge in [-0.15, -0.1) is 0 Å². The van der Waals surface area contributed by atoms with Crippen molar-refractivity contribution in [1.82, 2.24) is 5.43 Å². The van der Waals surface area contributed by atoms with E-state index >= 15 is 0 Å². The lowest BCUT2D eigenvalue weighted by molar-refractivity contribution is -0.120. The molecular formula is C23H30N2O3. The fourth-order valence-electron chi connectivity index (χ4n) is 2.70. The first-order valence-corrected chi connectivity index (χ1v) is 9.98. The molecule has 0 radical (unpaired) electrons. The highest BCUT2D eigenvalue weighted by atomic mass is 16.5. The maximum Gasteiger partial charge on any atom is 0.244 e. The normalized spacial score (nSPS) is 10.8. The number of benzene rings is 2. The lowest BCUT2D eigenvalue weighted by atomic mass is 10.1. The monoisotopic (exact) mass is 382 g/mol. The van der Waals surface area contributed by atoms with E-state index in [1.54, 1.807) is 6.21 Å². The van der Waals surface area contributed by atoms with Crippen LogP contribution in [-0.2, 0) is 11.2 Å². The number of hydrogen-bond acceptors (Lipinski definition) is 4. The zero-order valence-electron chi connectivity index (χ0n) is 16.8. The van der Waals surface area contributed by atoms with Crippen LogP contribution in [0.2, 0.25) is 0 Å². The van der Waals surface area contributed by atoms with Crippen LogP contribution in [0.3, 0.4) is 0 Å². The quantitative estimate of drug-likeness (QED) is 0.328. The van der Waals surface area contributed by atoms with Crippen molar-refractivity contribution in [2.24, 2.45) is 5.10 Å². The van der Waals surface area contributed by atoms with Gasteiger partial charge in [-0.1, -0.05) is 56.5 Å². The van der Waals surface area contributed by atoms with Crippen molar-refractivity contribution in [2.75, 3.05) is 13.2 Å². The molecule has 0 saturated carbocycles. The standard InChI is InChI=1S/C23H30N2O3/c1-3-5-6-10-15-28-21-14-13-20(16-22(21)27-4-2)18-24-25-23(26)17-19-11-8-7-9-12-19/h7-9,11-14,16,18H,3-6,10,15,17H2,1-2H3,(H,25,26). The molecule has 0 saturated heterocycles. The lowest BCUT2D eigenvalue weighted by Gasteiger charge is -2.12. The lowest BCUT2D eigenvalue weighted by Crippen LogP contribution is -2.19. The van der Waals surface area contributed by atoms with Crippen molar-refractivity contribution >= 4 is 12.1 Å². The second kappa shape index (κ2) is 12.5. The minimum atomic E-state index is -0.153. The second-order valence-electron chi connectivity index (χ2n) is 6.50. The van der Waals surface area contributed by atoms with Crippen LogP contribution in [0, 0.1) is 0 Å². The summed E-state index contributed by atoms with van der Waals surface area (Å²) >= 11 is 0. The molecule has 0 aliphatic rings. The van der Waals surface area contributed by atoms with Crippen LogP contribution in [0.4, 0.5) is 0 Å². The summed E-state index contributed by atoms with van der Waals surface area (Å²) in [4.78, 5) is 11.9. The predicted molar refractivity (Wildman–Crippen MR) is 113 cm³/mol. The molecule has 0 heterocycles. The molecule has 0 atom stereocenters. The molecule has 0 unspecified atom stereocenters. The van der Waals surface area contributed by atoms with E-state index in [-0.39, 0.29) is 5.91 Å². The van der Waals surface area contributed by atoms with Crippen LogP contribution >= 0.6 is 0 Å². The number of carbonyl (C=O) groups excluding carboxylic acids is 1. The van der Waals surface area contributed by atoms with Gasteiger partial charge in [0.1, 0.15) is 0 Å². The maximum atomic E-state index is 11.9. The fourth-order valence-corrected chi connectivity index (χ4v) is 2.70. The number of rotatable bonds is 12. The van der Waals surface area contributed by atoms with Gasteiger partial charge >= 0.3 is 0 Å². The number of carbonyl (C=O) groups is 1. The smallest absolute Gasteiger partial charge is 0.244 e. The zero-order valence-corrected chi connectivity index (χ0v) is 16.8. The van der Waals surface area contributed by atoms with E-state index in [0.29, 0.717) is 25.4 Å². The highest BCUT2D eigenvalue weighted by molar-refractivity contribution is 5.84. The highest BCUT2D eigenvalue weighted by Gasteiger charge is 2.06. The molecule has 1 N–H and O–H groups in total. The van der Waals surface area contributed by atoms with Crippen molar-refractivity contribution in [3.05, 3.63) is 59.7 Å². The largest absolute Gasteiger partial charge is 0.490 e. The van der Waals surface area contributed by atoms with Crippen LogP contribution < -0.4 is 14.9 Å². The number of hydrazone groups is 1. The molecule has 2 aromatic carbocycles. The van der Waals surface area contributed by atoms with Crippen molar-refractivity contribution in [2.45, 2.75) is 46.0 Å². The van der Waals surface area contributed by atoms with Gasteiger partial charge in [0.05, 0.1) is 25.8 Å². The summed E-state index contributed by atoms with van der Waals surface area (Å²) < 4.78 is 11.5. The number of nitrogens with one attached hydrogen (secondary N) is 1. The highest BCUT2D eigenvalue weighted by Crippen LogP contribution is 2.28. The molecule has 0 bridgehead atoms. The van der Waals surface area contributed by atoms with Crippen molar-refractivity contribution < 1.29 is 14.3 Å². The van der Waals surface area contributed by atoms with Crippen LogP contribution in [0.5, 0.6) is 11.5 Å². The first-order valence-electron chi connectivity index (χ1n) is 9.98. The topological polar surface area (TPSA) is 59.9 Å². The molecule has 1 amide bonds. The fraction of sp³-hybridized carbons (Fsp3) is 0.391. The molecule has 5 heteroatoms. The molecule has 0 spiro atoms. The summed E-state index contributed by atoms with van der Waals surface area (Å²) in [5.74, 6) is 1.28. The predicted octanol–water partition coefficient (Wildman–Crippen LogP) is 4.74. The molecular weight excluding hydrogens is 352 g/mol. The van der Waals surface area contributed by atoms with Gasteiger partial charge in [-0.3, -0.25) is 4.79 Å². The summed E-state index contributed by atoms with van der Waals surface area (Å²) in [6.07, 6.45) is 6.56. The molecule has 0 aromatic heterocycles. The summed E-state index contributed by atoms with van der Waals surface area (Å²) in [5.41, 5.74) is 4.35. The summed E-state index contributed by atoms with van der Waals surface area (Å²) in [6, 6.07) is 15.2. The van der Waals surface area contributed by atoms with Gasteiger partial charge in [-0.25, -0.2) is 5.43 Å². The molecule has 28 heavy (non-hydrogen) atoms. The van der Waals surface area contributed by atoms with Crippen LogP contribution in [0.15, 0.2) is 53.6 Å². The van der Waals surface area contributed by atoms with Crippen LogP contribution in [-0.4, -0.2) is 25.3 Å². The zero-order chi connectivity index (χ0) is 20.0. The minimum Gasteiger partial charge on any atom is -0.490 e. The minimum absolute atomic E-state index is 0.153. The SMILES string of the molecule is CCCCCCOc1ccc(C=NNC(=O)Cc2ccccc2)cc1OCC. The van der Waals surface area contributed by atoms with Gasteiger partial charge in [-0.05, 0) is 42.7 Å². The van der Waals surface area contributed by atoms with Crippen molar-refractivity contribution in [3.8, 4) is 11.5 Å². The van der Waals surface area contributed by atoms with Gasteiger partial charge in [0.15, 0.2) is 11.5 Å². The first kappa shape index (κ1) is 21.5. The Kier molecular flexibility index (Phi) is 9.62. The molecule has 0 aliphatic carbocycles. The Morgan fingerprint density at radius 1 is 1.00 bits per heavy atom. The van der Waals surface area contributed by atoms with E-state index in [2.05, 4.69) is 17.5 Å². The Bertz CT molecular complexity index is 745. The Labute approximate surface area is 167 Å². The van der Waals surface area contributed by atoms with Gasteiger partial charge in [-0.2, -0.15) is 5.10 Å². The van der Waals surface area contributed by atoms with E-state index in [9.17, 15) is 4.79 Å². The van der Waals surface area contributed by atoms with Gasteiger partial charge in [0.2, 0.25) is 5.91 Å². The van der Waals surface area contributed by atoms with Crippen molar-refractivity contribution in [3.63, 3.8) is 0 Å². The first-order chi connectivity index (χ1) is 13.7. The third kappa shape index (κ3) is 7.82. The average molecular weight is 383 g/mol.